The van der Waals surface area contributed by atoms with E-state index in [1.54, 1.807) is 77.9 Å². The van der Waals surface area contributed by atoms with E-state index in [-0.39, 0.29) is 74.7 Å². The number of hydrogen-bond donors (Lipinski definition) is 12. The molecule has 0 bridgehead atoms. The zero-order valence-electron chi connectivity index (χ0n) is 55.5. The van der Waals surface area contributed by atoms with Crippen molar-refractivity contribution < 1.29 is 82.3 Å². The van der Waals surface area contributed by atoms with Gasteiger partial charge in [0.2, 0.25) is 47.3 Å². The van der Waals surface area contributed by atoms with Gasteiger partial charge in [-0.2, -0.15) is 0 Å². The van der Waals surface area contributed by atoms with E-state index in [4.69, 9.17) is 25.4 Å². The molecule has 0 saturated heterocycles. The Bertz CT molecular complexity index is 3510. The van der Waals surface area contributed by atoms with E-state index < -0.39 is 139 Å². The van der Waals surface area contributed by atoms with Crippen LogP contribution in [0.5, 0.6) is 11.5 Å². The summed E-state index contributed by atoms with van der Waals surface area (Å²) in [4.78, 5) is 163. The highest BCUT2D eigenvalue weighted by Gasteiger charge is 2.37. The predicted molar refractivity (Wildman–Crippen MR) is 358 cm³/mol. The van der Waals surface area contributed by atoms with Gasteiger partial charge in [0.15, 0.2) is 19.0 Å². The van der Waals surface area contributed by atoms with E-state index in [1.807, 2.05) is 42.5 Å². The second kappa shape index (κ2) is 38.8. The third-order valence-corrected chi connectivity index (χ3v) is 15.4. The Kier molecular flexibility index (Phi) is 30.9. The highest BCUT2D eigenvalue weighted by Crippen LogP contribution is 2.22. The lowest BCUT2D eigenvalue weighted by molar-refractivity contribution is -0.142. The number of benzene rings is 5. The standard InChI is InChI=1S/C71H89N9O17/c1-8-60(82)73-55(34-46-21-27-51(28-22-46)96-39-62(85)86)66(90)76-56(36-47-23-29-52(30-24-47)97-40-63(87)88)67(91)79-59(38-61(83)84)69(93)78-58(37-48-15-12-14-43(6)33-48)68(92)75-54(32-41(2)3)65(89)77-57(35-45-19-25-50(26-20-45)49-16-10-9-11-17-49)70(94)80-64(42(4)5)71(95)74-53(44(7)81)18-13-31-72/h9-12,14-17,19-30,33,41-42,53-59,64H,8,13,18,31-32,34-40,72H2,1-7H3,(H,73,82)(H,74,95)(H,75,92)(H,76,90)(H,77,89)(H,78,93)(H,79,91)(H,80,94)(H,83,84)(H,85,86)(H,87,88)/t53-,54-,55-,56-,57-,58-,59-,64-/m0/s1. The van der Waals surface area contributed by atoms with Crippen LogP contribution in [0.1, 0.15) is 101 Å². The van der Waals surface area contributed by atoms with Crippen LogP contribution in [0.3, 0.4) is 0 Å². The molecule has 520 valence electrons. The number of carbonyl (C=O) groups is 12. The average molecular weight is 1340 g/mol. The Morgan fingerprint density at radius 3 is 1.29 bits per heavy atom. The highest BCUT2D eigenvalue weighted by molar-refractivity contribution is 5.99. The van der Waals surface area contributed by atoms with Gasteiger partial charge in [-0.05, 0) is 109 Å². The molecule has 8 atom stereocenters. The number of amides is 8. The summed E-state index contributed by atoms with van der Waals surface area (Å²) in [6.45, 7) is 10.6. The van der Waals surface area contributed by atoms with Gasteiger partial charge in [-0.25, -0.2) is 9.59 Å². The van der Waals surface area contributed by atoms with Gasteiger partial charge in [0.1, 0.15) is 53.8 Å². The maximum Gasteiger partial charge on any atom is 0.341 e. The molecule has 0 fully saturated rings. The van der Waals surface area contributed by atoms with Crippen molar-refractivity contribution in [2.24, 2.45) is 17.6 Å². The van der Waals surface area contributed by atoms with E-state index in [2.05, 4.69) is 42.5 Å². The summed E-state index contributed by atoms with van der Waals surface area (Å²) < 4.78 is 10.5. The number of aryl methyl sites for hydroxylation is 1. The number of aliphatic carboxylic acids is 3. The van der Waals surface area contributed by atoms with Crippen LogP contribution < -0.4 is 57.7 Å². The second-order valence-electron chi connectivity index (χ2n) is 24.4. The number of ether oxygens (including phenoxy) is 2. The first kappa shape index (κ1) is 77.2. The molecule has 0 saturated carbocycles. The maximum absolute atomic E-state index is 15.0. The SMILES string of the molecule is CCC(=O)N[C@@H](Cc1ccc(OCC(=O)O)cc1)C(=O)N[C@@H](Cc1ccc(OCC(=O)O)cc1)C(=O)N[C@@H](CC(=O)O)C(=O)N[C@@H](Cc1cccc(C)c1)C(=O)N[C@@H](CC(C)C)C(=O)N[C@@H](Cc1ccc(-c2ccccc2)cc1)C(=O)N[C@H](C(=O)N[C@@H](CCCN)C(C)=O)C(C)C. The largest absolute Gasteiger partial charge is 0.482 e. The van der Waals surface area contributed by atoms with Crippen molar-refractivity contribution in [2.45, 2.75) is 155 Å². The Balaban J connectivity index is 1.48. The third-order valence-electron chi connectivity index (χ3n) is 15.4. The number of Topliss-reactive ketones (excluding diaryl/α,β-unsaturated/α-hetero) is 1. The molecule has 0 aliphatic heterocycles. The minimum atomic E-state index is -1.95. The number of carboxylic acids is 3. The molecular formula is C71H89N9O17. The van der Waals surface area contributed by atoms with Gasteiger partial charge < -0.3 is 73.1 Å². The Morgan fingerprint density at radius 2 is 0.856 bits per heavy atom. The number of hydrogen-bond acceptors (Lipinski definition) is 15. The van der Waals surface area contributed by atoms with Gasteiger partial charge in [-0.1, -0.05) is 143 Å². The molecular weight excluding hydrogens is 1250 g/mol. The molecule has 0 heterocycles. The predicted octanol–water partition coefficient (Wildman–Crippen LogP) is 3.65. The number of carbonyl (C=O) groups excluding carboxylic acids is 9. The summed E-state index contributed by atoms with van der Waals surface area (Å²) in [7, 11) is 0. The lowest BCUT2D eigenvalue weighted by Gasteiger charge is -2.29. The van der Waals surface area contributed by atoms with Crippen molar-refractivity contribution >= 4 is 70.9 Å². The highest BCUT2D eigenvalue weighted by atomic mass is 16.5. The molecule has 0 aliphatic carbocycles. The van der Waals surface area contributed by atoms with Gasteiger partial charge in [-0.15, -0.1) is 0 Å². The maximum atomic E-state index is 15.0. The molecule has 8 amide bonds. The summed E-state index contributed by atoms with van der Waals surface area (Å²) in [6.07, 6.45) is -1.26. The Morgan fingerprint density at radius 1 is 0.443 bits per heavy atom. The molecule has 0 spiro atoms. The number of nitrogens with two attached hydrogens (primary N) is 1. The molecule has 26 heteroatoms. The van der Waals surface area contributed by atoms with Crippen LogP contribution >= 0.6 is 0 Å². The van der Waals surface area contributed by atoms with Crippen molar-refractivity contribution in [3.05, 3.63) is 155 Å². The Labute approximate surface area is 563 Å². The quantitative estimate of drug-likeness (QED) is 0.0266. The first-order chi connectivity index (χ1) is 46.1. The van der Waals surface area contributed by atoms with Crippen molar-refractivity contribution in [1.29, 1.82) is 0 Å². The molecule has 13 N–H and O–H groups in total. The lowest BCUT2D eigenvalue weighted by Crippen LogP contribution is -2.61. The van der Waals surface area contributed by atoms with Gasteiger partial charge in [0, 0.05) is 32.1 Å². The summed E-state index contributed by atoms with van der Waals surface area (Å²) in [6, 6.07) is 24.1. The molecule has 0 radical (unpaired) electrons. The molecule has 5 aromatic carbocycles. The molecule has 26 nitrogen and oxygen atoms in total. The molecule has 0 aromatic heterocycles. The fourth-order valence-corrected chi connectivity index (χ4v) is 10.3. The minimum Gasteiger partial charge on any atom is -0.482 e. The van der Waals surface area contributed by atoms with Gasteiger partial charge in [0.05, 0.1) is 12.5 Å². The smallest absolute Gasteiger partial charge is 0.341 e. The lowest BCUT2D eigenvalue weighted by atomic mass is 9.97. The van der Waals surface area contributed by atoms with Gasteiger partial charge in [0.25, 0.3) is 0 Å². The monoisotopic (exact) mass is 1340 g/mol. The molecule has 5 rings (SSSR count). The van der Waals surface area contributed by atoms with Crippen molar-refractivity contribution in [2.75, 3.05) is 19.8 Å². The average Bonchev–Trinajstić information content (AvgIpc) is 1.08. The van der Waals surface area contributed by atoms with Gasteiger partial charge in [-0.3, -0.25) is 47.9 Å². The van der Waals surface area contributed by atoms with E-state index in [0.717, 1.165) is 16.7 Å². The zero-order valence-corrected chi connectivity index (χ0v) is 55.5. The number of rotatable bonds is 40. The van der Waals surface area contributed by atoms with Gasteiger partial charge >= 0.3 is 17.9 Å². The van der Waals surface area contributed by atoms with Crippen LogP contribution in [0.25, 0.3) is 11.1 Å². The number of ketones is 1. The Hall–Kier alpha value is -10.5. The van der Waals surface area contributed by atoms with Crippen LogP contribution in [-0.4, -0.2) is 154 Å². The fraction of sp³-hybridized carbons (Fsp3) is 0.408. The normalized spacial score (nSPS) is 13.5. The van der Waals surface area contributed by atoms with E-state index in [0.29, 0.717) is 28.7 Å². The van der Waals surface area contributed by atoms with E-state index >= 15 is 0 Å². The van der Waals surface area contributed by atoms with Crippen molar-refractivity contribution in [3.63, 3.8) is 0 Å². The molecule has 5 aromatic rings. The summed E-state index contributed by atoms with van der Waals surface area (Å²) in [5, 5.41) is 49.9. The molecule has 0 aliphatic rings. The first-order valence-electron chi connectivity index (χ1n) is 32.0. The number of nitrogens with one attached hydrogen (secondary N) is 8. The second-order valence-corrected chi connectivity index (χ2v) is 24.4. The minimum absolute atomic E-state index is 0.0171. The molecule has 97 heavy (non-hydrogen) atoms. The first-order valence-corrected chi connectivity index (χ1v) is 32.0. The van der Waals surface area contributed by atoms with E-state index in [1.165, 1.54) is 55.5 Å². The summed E-state index contributed by atoms with van der Waals surface area (Å²) in [5.74, 6) is -11.6. The van der Waals surface area contributed by atoms with Crippen LogP contribution in [0.15, 0.2) is 127 Å². The van der Waals surface area contributed by atoms with Crippen molar-refractivity contribution in [3.8, 4) is 22.6 Å². The van der Waals surface area contributed by atoms with Crippen LogP contribution in [0.4, 0.5) is 0 Å². The fourth-order valence-electron chi connectivity index (χ4n) is 10.3. The summed E-state index contributed by atoms with van der Waals surface area (Å²) in [5.41, 5.74) is 10.2. The van der Waals surface area contributed by atoms with Crippen molar-refractivity contribution in [1.82, 2.24) is 42.5 Å². The topological polar surface area (TPSA) is 406 Å². The third kappa shape index (κ3) is 26.7. The zero-order chi connectivity index (χ0) is 71.3. The summed E-state index contributed by atoms with van der Waals surface area (Å²) >= 11 is 0. The van der Waals surface area contributed by atoms with Crippen LogP contribution in [0, 0.1) is 18.8 Å². The molecule has 0 unspecified atom stereocenters. The number of carboxylic acid groups (broad SMARTS) is 3. The van der Waals surface area contributed by atoms with Crippen LogP contribution in [0.2, 0.25) is 0 Å². The van der Waals surface area contributed by atoms with E-state index in [9.17, 15) is 62.6 Å². The van der Waals surface area contributed by atoms with Crippen LogP contribution in [-0.2, 0) is 83.2 Å².